The lowest BCUT2D eigenvalue weighted by atomic mass is 9.97. The van der Waals surface area contributed by atoms with Gasteiger partial charge in [0.1, 0.15) is 0 Å². The van der Waals surface area contributed by atoms with Gasteiger partial charge in [0, 0.05) is 12.4 Å². The van der Waals surface area contributed by atoms with Gasteiger partial charge in [-0.3, -0.25) is 0 Å². The van der Waals surface area contributed by atoms with E-state index in [4.69, 9.17) is 11.6 Å². The molecule has 1 aromatic rings. The summed E-state index contributed by atoms with van der Waals surface area (Å²) in [5, 5.41) is 3.38. The third kappa shape index (κ3) is 2.28. The van der Waals surface area contributed by atoms with Crippen molar-refractivity contribution in [1.29, 1.82) is 0 Å². The van der Waals surface area contributed by atoms with Gasteiger partial charge >= 0.3 is 0 Å². The summed E-state index contributed by atoms with van der Waals surface area (Å²) in [6.45, 7) is 2.15. The van der Waals surface area contributed by atoms with E-state index in [0.717, 1.165) is 31.8 Å². The Morgan fingerprint density at radius 1 is 1.29 bits per heavy atom. The average molecular weight is 210 g/mol. The van der Waals surface area contributed by atoms with Crippen LogP contribution >= 0.6 is 11.6 Å². The summed E-state index contributed by atoms with van der Waals surface area (Å²) in [6, 6.07) is 6.84. The van der Waals surface area contributed by atoms with Crippen molar-refractivity contribution in [3.63, 3.8) is 0 Å². The predicted molar refractivity (Wildman–Crippen MR) is 60.9 cm³/mol. The van der Waals surface area contributed by atoms with Gasteiger partial charge in [0.15, 0.2) is 0 Å². The van der Waals surface area contributed by atoms with Gasteiger partial charge < -0.3 is 5.32 Å². The molecular formula is C12H16ClN. The Hall–Kier alpha value is -0.530. The first-order valence-corrected chi connectivity index (χ1v) is 5.81. The van der Waals surface area contributed by atoms with E-state index in [0.29, 0.717) is 0 Å². The first-order valence-electron chi connectivity index (χ1n) is 5.27. The molecule has 0 spiro atoms. The molecule has 0 amide bonds. The van der Waals surface area contributed by atoms with Crippen molar-refractivity contribution in [2.24, 2.45) is 0 Å². The van der Waals surface area contributed by atoms with Crippen molar-refractivity contribution < 1.29 is 0 Å². The molecule has 0 saturated carbocycles. The largest absolute Gasteiger partial charge is 0.312 e. The number of hydrogen-bond donors (Lipinski definition) is 1. The van der Waals surface area contributed by atoms with Crippen molar-refractivity contribution in [1.82, 2.24) is 5.32 Å². The van der Waals surface area contributed by atoms with E-state index in [1.165, 1.54) is 23.1 Å². The van der Waals surface area contributed by atoms with Gasteiger partial charge in [-0.2, -0.15) is 0 Å². The number of alkyl halides is 1. The summed E-state index contributed by atoms with van der Waals surface area (Å²) >= 11 is 5.68. The molecular weight excluding hydrogens is 194 g/mol. The molecule has 0 saturated heterocycles. The van der Waals surface area contributed by atoms with Crippen LogP contribution in [-0.4, -0.2) is 12.4 Å². The highest BCUT2D eigenvalue weighted by molar-refractivity contribution is 6.17. The monoisotopic (exact) mass is 209 g/mol. The second-order valence-electron chi connectivity index (χ2n) is 3.82. The fraction of sp³-hybridized carbons (Fsp3) is 0.500. The van der Waals surface area contributed by atoms with Crippen LogP contribution in [-0.2, 0) is 19.4 Å². The molecule has 0 aromatic heterocycles. The van der Waals surface area contributed by atoms with E-state index in [9.17, 15) is 0 Å². The number of hydrogen-bond acceptors (Lipinski definition) is 1. The maximum Gasteiger partial charge on any atom is 0.0226 e. The Morgan fingerprint density at radius 2 is 2.21 bits per heavy atom. The molecule has 2 rings (SSSR count). The Bertz CT molecular complexity index is 309. The van der Waals surface area contributed by atoms with Crippen molar-refractivity contribution in [3.05, 3.63) is 34.9 Å². The van der Waals surface area contributed by atoms with Gasteiger partial charge in [-0.25, -0.2) is 0 Å². The molecule has 1 heterocycles. The van der Waals surface area contributed by atoms with Crippen LogP contribution in [0.15, 0.2) is 18.2 Å². The maximum absolute atomic E-state index is 5.68. The SMILES string of the molecule is ClCCCc1ccc2c(c1)CCNC2. The Balaban J connectivity index is 2.12. The highest BCUT2D eigenvalue weighted by atomic mass is 35.5. The van der Waals surface area contributed by atoms with E-state index < -0.39 is 0 Å². The predicted octanol–water partition coefficient (Wildman–Crippen LogP) is 2.50. The third-order valence-corrected chi connectivity index (χ3v) is 3.02. The molecule has 0 atom stereocenters. The summed E-state index contributed by atoms with van der Waals surface area (Å²) in [5.41, 5.74) is 4.42. The molecule has 1 N–H and O–H groups in total. The lowest BCUT2D eigenvalue weighted by Crippen LogP contribution is -2.23. The number of nitrogens with one attached hydrogen (secondary N) is 1. The smallest absolute Gasteiger partial charge is 0.0226 e. The summed E-state index contributed by atoms with van der Waals surface area (Å²) in [7, 11) is 0. The number of halogens is 1. The minimum atomic E-state index is 0.763. The lowest BCUT2D eigenvalue weighted by molar-refractivity contribution is 0.642. The van der Waals surface area contributed by atoms with E-state index in [1.54, 1.807) is 0 Å². The fourth-order valence-corrected chi connectivity index (χ4v) is 2.09. The van der Waals surface area contributed by atoms with Crippen LogP contribution in [0.1, 0.15) is 23.1 Å². The quantitative estimate of drug-likeness (QED) is 0.755. The second kappa shape index (κ2) is 4.81. The number of aryl methyl sites for hydroxylation is 1. The van der Waals surface area contributed by atoms with Crippen molar-refractivity contribution in [2.75, 3.05) is 12.4 Å². The highest BCUT2D eigenvalue weighted by Gasteiger charge is 2.08. The average Bonchev–Trinajstić information content (AvgIpc) is 2.26. The zero-order chi connectivity index (χ0) is 9.80. The van der Waals surface area contributed by atoms with Crippen LogP contribution in [0, 0.1) is 0 Å². The van der Waals surface area contributed by atoms with Crippen LogP contribution in [0.5, 0.6) is 0 Å². The lowest BCUT2D eigenvalue weighted by Gasteiger charge is -2.17. The number of fused-ring (bicyclic) bond motifs is 1. The van der Waals surface area contributed by atoms with Crippen LogP contribution in [0.4, 0.5) is 0 Å². The minimum Gasteiger partial charge on any atom is -0.312 e. The maximum atomic E-state index is 5.68. The Morgan fingerprint density at radius 3 is 3.07 bits per heavy atom. The minimum absolute atomic E-state index is 0.763. The summed E-state index contributed by atoms with van der Waals surface area (Å²) in [4.78, 5) is 0. The second-order valence-corrected chi connectivity index (χ2v) is 4.20. The standard InChI is InChI=1S/C12H16ClN/c13-6-1-2-10-3-4-12-9-14-7-5-11(12)8-10/h3-4,8,14H,1-2,5-7,9H2. The van der Waals surface area contributed by atoms with E-state index in [-0.39, 0.29) is 0 Å². The molecule has 76 valence electrons. The first kappa shape index (κ1) is 10.0. The van der Waals surface area contributed by atoms with Gasteiger partial charge in [0.2, 0.25) is 0 Å². The summed E-state index contributed by atoms with van der Waals surface area (Å²) in [6.07, 6.45) is 3.37. The Labute approximate surface area is 90.5 Å². The number of rotatable bonds is 3. The zero-order valence-corrected chi connectivity index (χ0v) is 9.11. The van der Waals surface area contributed by atoms with Gasteiger partial charge in [0.25, 0.3) is 0 Å². The van der Waals surface area contributed by atoms with Crippen molar-refractivity contribution in [3.8, 4) is 0 Å². The van der Waals surface area contributed by atoms with Crippen LogP contribution in [0.2, 0.25) is 0 Å². The van der Waals surface area contributed by atoms with E-state index in [1.807, 2.05) is 0 Å². The zero-order valence-electron chi connectivity index (χ0n) is 8.35. The van der Waals surface area contributed by atoms with Gasteiger partial charge in [-0.1, -0.05) is 18.2 Å². The molecule has 1 aliphatic rings. The van der Waals surface area contributed by atoms with Gasteiger partial charge in [0.05, 0.1) is 0 Å². The van der Waals surface area contributed by atoms with Crippen LogP contribution in [0.3, 0.4) is 0 Å². The molecule has 0 unspecified atom stereocenters. The van der Waals surface area contributed by atoms with Crippen molar-refractivity contribution >= 4 is 11.6 Å². The molecule has 0 radical (unpaired) electrons. The van der Waals surface area contributed by atoms with Crippen molar-refractivity contribution in [2.45, 2.75) is 25.8 Å². The molecule has 2 heteroatoms. The molecule has 0 fully saturated rings. The third-order valence-electron chi connectivity index (χ3n) is 2.76. The normalized spacial score (nSPS) is 15.2. The highest BCUT2D eigenvalue weighted by Crippen LogP contribution is 2.16. The molecule has 1 aliphatic heterocycles. The summed E-state index contributed by atoms with van der Waals surface area (Å²) in [5.74, 6) is 0.763. The van der Waals surface area contributed by atoms with E-state index in [2.05, 4.69) is 23.5 Å². The van der Waals surface area contributed by atoms with Crippen LogP contribution < -0.4 is 5.32 Å². The first-order chi connectivity index (χ1) is 6.90. The molecule has 0 aliphatic carbocycles. The fourth-order valence-electron chi connectivity index (χ4n) is 1.96. The Kier molecular flexibility index (Phi) is 3.44. The van der Waals surface area contributed by atoms with Gasteiger partial charge in [-0.15, -0.1) is 11.6 Å². The topological polar surface area (TPSA) is 12.0 Å². The summed E-state index contributed by atoms with van der Waals surface area (Å²) < 4.78 is 0. The van der Waals surface area contributed by atoms with Crippen LogP contribution in [0.25, 0.3) is 0 Å². The van der Waals surface area contributed by atoms with E-state index >= 15 is 0 Å². The van der Waals surface area contributed by atoms with Gasteiger partial charge in [-0.05, 0) is 42.5 Å². The molecule has 1 nitrogen and oxygen atoms in total. The molecule has 0 bridgehead atoms. The molecule has 1 aromatic carbocycles. The number of benzene rings is 1. The molecule has 14 heavy (non-hydrogen) atoms.